The summed E-state index contributed by atoms with van der Waals surface area (Å²) in [5, 5.41) is 56.1. The van der Waals surface area contributed by atoms with Crippen LogP contribution in [0.4, 0.5) is 0 Å². The summed E-state index contributed by atoms with van der Waals surface area (Å²) < 4.78 is 0. The zero-order valence-electron chi connectivity index (χ0n) is 20.8. The van der Waals surface area contributed by atoms with E-state index in [1.165, 1.54) is 11.0 Å². The number of phenols is 1. The summed E-state index contributed by atoms with van der Waals surface area (Å²) in [6.07, 6.45) is 3.89. The third-order valence-electron chi connectivity index (χ3n) is 8.79. The van der Waals surface area contributed by atoms with Gasteiger partial charge in [-0.15, -0.1) is 0 Å². The first kappa shape index (κ1) is 25.4. The van der Waals surface area contributed by atoms with E-state index < -0.39 is 63.6 Å². The molecule has 0 aliphatic heterocycles. The van der Waals surface area contributed by atoms with Crippen molar-refractivity contribution in [3.63, 3.8) is 0 Å². The molecule has 2 saturated carbocycles. The fourth-order valence-electron chi connectivity index (χ4n) is 7.09. The number of ketones is 2. The Bertz CT molecular complexity index is 1290. The van der Waals surface area contributed by atoms with Gasteiger partial charge in [-0.2, -0.15) is 0 Å². The van der Waals surface area contributed by atoms with E-state index in [4.69, 9.17) is 5.73 Å². The van der Waals surface area contributed by atoms with Crippen molar-refractivity contribution in [3.8, 4) is 5.75 Å². The third kappa shape index (κ3) is 3.39. The van der Waals surface area contributed by atoms with Crippen molar-refractivity contribution >= 4 is 23.2 Å². The molecule has 0 saturated heterocycles. The van der Waals surface area contributed by atoms with Crippen molar-refractivity contribution in [1.82, 2.24) is 4.90 Å². The van der Waals surface area contributed by atoms with Crippen molar-refractivity contribution in [3.05, 3.63) is 45.7 Å². The second-order valence-electron chi connectivity index (χ2n) is 11.0. The van der Waals surface area contributed by atoms with E-state index in [1.54, 1.807) is 20.2 Å². The molecular formula is C27H32N2O8. The topological polar surface area (TPSA) is 182 Å². The highest BCUT2D eigenvalue weighted by Crippen LogP contribution is 2.54. The van der Waals surface area contributed by atoms with Crippen LogP contribution < -0.4 is 5.73 Å². The molecule has 4 aliphatic carbocycles. The number of carbonyl (C=O) groups is 3. The lowest BCUT2D eigenvalue weighted by atomic mass is 9.57. The van der Waals surface area contributed by atoms with E-state index in [9.17, 15) is 39.9 Å². The van der Waals surface area contributed by atoms with Crippen molar-refractivity contribution in [1.29, 1.82) is 0 Å². The maximum atomic E-state index is 13.9. The number of Topliss-reactive ketones (excluding diaryl/α,β-unsaturated/α-hetero) is 2. The molecule has 37 heavy (non-hydrogen) atoms. The van der Waals surface area contributed by atoms with Gasteiger partial charge in [-0.05, 0) is 62.9 Å². The van der Waals surface area contributed by atoms with E-state index in [0.717, 1.165) is 19.3 Å². The predicted molar refractivity (Wildman–Crippen MR) is 131 cm³/mol. The van der Waals surface area contributed by atoms with Gasteiger partial charge >= 0.3 is 0 Å². The highest BCUT2D eigenvalue weighted by molar-refractivity contribution is 6.24. The molecule has 4 aliphatic rings. The predicted octanol–water partition coefficient (Wildman–Crippen LogP) is 1.12. The van der Waals surface area contributed by atoms with Crippen LogP contribution in [0, 0.1) is 11.8 Å². The average Bonchev–Trinajstić information content (AvgIpc) is 2.81. The zero-order chi connectivity index (χ0) is 27.0. The smallest absolute Gasteiger partial charge is 0.255 e. The van der Waals surface area contributed by atoms with Gasteiger partial charge in [0.2, 0.25) is 5.78 Å². The number of aliphatic hydroxyl groups excluding tert-OH is 2. The third-order valence-corrected chi connectivity index (χ3v) is 8.79. The first-order valence-electron chi connectivity index (χ1n) is 12.6. The summed E-state index contributed by atoms with van der Waals surface area (Å²) in [5.74, 6) is -6.86. The number of amides is 1. The molecule has 198 valence electrons. The maximum Gasteiger partial charge on any atom is 0.255 e. The van der Waals surface area contributed by atoms with Gasteiger partial charge in [-0.1, -0.05) is 25.3 Å². The first-order valence-corrected chi connectivity index (χ1v) is 12.6. The molecule has 1 aromatic rings. The standard InChI is InChI=1S/C27H32N2O8/c1-29(2)20-15-11-12-10-13-14(26(36)8-4-3-5-9-26)6-7-16(30)18(13)21(31)17(12)23(33)27(15,37)24(34)19(22(20)32)25(28)35/h6-7,12,15,20,30-31,34,36-37H,3-5,8-11H2,1-2H3,(H2,28,35)/t12-,15-,20-,27-/m0/s1. The molecule has 0 bridgehead atoms. The number of hydrogen-bond acceptors (Lipinski definition) is 9. The average molecular weight is 513 g/mol. The minimum absolute atomic E-state index is 0.00721. The van der Waals surface area contributed by atoms with Gasteiger partial charge in [0.05, 0.1) is 17.2 Å². The maximum absolute atomic E-state index is 13.9. The number of carbonyl (C=O) groups excluding carboxylic acids is 3. The Balaban J connectivity index is 1.72. The molecule has 10 nitrogen and oxygen atoms in total. The molecule has 5 rings (SSSR count). The Labute approximate surface area is 213 Å². The SMILES string of the molecule is CN(C)[C@@H]1C(=O)C(C(N)=O)=C(O)[C@@]2(O)C(=O)C3=C(O)c4c(O)ccc(C5(O)CCCCC5)c4C[C@H]3C[C@@H]12. The number of aliphatic hydroxyl groups is 4. The minimum Gasteiger partial charge on any atom is -0.508 e. The molecule has 0 radical (unpaired) electrons. The van der Waals surface area contributed by atoms with Crippen LogP contribution in [0.25, 0.3) is 5.76 Å². The van der Waals surface area contributed by atoms with Crippen LogP contribution in [-0.2, 0) is 26.4 Å². The fraction of sp³-hybridized carbons (Fsp3) is 0.519. The Morgan fingerprint density at radius 1 is 1.05 bits per heavy atom. The number of phenolic OH excluding ortho intramolecular Hbond substituents is 1. The Hall–Kier alpha value is -3.21. The van der Waals surface area contributed by atoms with Crippen molar-refractivity contribution in [2.24, 2.45) is 17.6 Å². The molecule has 7 N–H and O–H groups in total. The number of primary amides is 1. The number of nitrogens with zero attached hydrogens (tertiary/aromatic N) is 1. The fourth-order valence-corrected chi connectivity index (χ4v) is 7.09. The molecule has 2 fully saturated rings. The second-order valence-corrected chi connectivity index (χ2v) is 11.0. The quantitative estimate of drug-likeness (QED) is 0.323. The Kier molecular flexibility index (Phi) is 5.78. The number of aromatic hydroxyl groups is 1. The number of fused-ring (bicyclic) bond motifs is 3. The number of nitrogens with two attached hydrogens (primary N) is 1. The van der Waals surface area contributed by atoms with Crippen LogP contribution in [0.15, 0.2) is 29.0 Å². The Morgan fingerprint density at radius 2 is 1.70 bits per heavy atom. The highest BCUT2D eigenvalue weighted by Gasteiger charge is 2.64. The molecule has 10 heteroatoms. The van der Waals surface area contributed by atoms with Crippen LogP contribution in [-0.4, -0.2) is 73.6 Å². The van der Waals surface area contributed by atoms with Crippen molar-refractivity contribution in [2.75, 3.05) is 14.1 Å². The summed E-state index contributed by atoms with van der Waals surface area (Å²) in [5.41, 5.74) is 1.61. The van der Waals surface area contributed by atoms with Gasteiger partial charge in [-0.3, -0.25) is 19.3 Å². The van der Waals surface area contributed by atoms with E-state index in [-0.39, 0.29) is 29.7 Å². The largest absolute Gasteiger partial charge is 0.508 e. The van der Waals surface area contributed by atoms with Crippen LogP contribution in [0.1, 0.15) is 55.2 Å². The number of rotatable bonds is 3. The van der Waals surface area contributed by atoms with E-state index in [1.807, 2.05) is 0 Å². The summed E-state index contributed by atoms with van der Waals surface area (Å²) in [7, 11) is 3.12. The summed E-state index contributed by atoms with van der Waals surface area (Å²) in [6.45, 7) is 0. The van der Waals surface area contributed by atoms with Gasteiger partial charge in [0, 0.05) is 11.5 Å². The monoisotopic (exact) mass is 512 g/mol. The van der Waals surface area contributed by atoms with E-state index in [0.29, 0.717) is 24.0 Å². The van der Waals surface area contributed by atoms with Crippen LogP contribution in [0.5, 0.6) is 5.75 Å². The number of likely N-dealkylation sites (N-methyl/N-ethyl adjacent to an activating group) is 1. The molecule has 0 unspecified atom stereocenters. The lowest BCUT2D eigenvalue weighted by Gasteiger charge is -2.50. The zero-order valence-corrected chi connectivity index (χ0v) is 20.8. The Morgan fingerprint density at radius 3 is 2.30 bits per heavy atom. The van der Waals surface area contributed by atoms with Crippen LogP contribution >= 0.6 is 0 Å². The second kappa shape index (κ2) is 8.41. The van der Waals surface area contributed by atoms with Crippen molar-refractivity contribution in [2.45, 2.75) is 62.2 Å². The van der Waals surface area contributed by atoms with Gasteiger partial charge in [-0.25, -0.2) is 0 Å². The van der Waals surface area contributed by atoms with Gasteiger partial charge in [0.1, 0.15) is 22.8 Å². The van der Waals surface area contributed by atoms with Crippen LogP contribution in [0.2, 0.25) is 0 Å². The molecule has 0 aromatic heterocycles. The van der Waals surface area contributed by atoms with Gasteiger partial charge < -0.3 is 31.3 Å². The number of hydrogen-bond donors (Lipinski definition) is 6. The van der Waals surface area contributed by atoms with E-state index in [2.05, 4.69) is 0 Å². The molecule has 0 heterocycles. The molecule has 0 spiro atoms. The molecule has 1 aromatic carbocycles. The molecular weight excluding hydrogens is 480 g/mol. The summed E-state index contributed by atoms with van der Waals surface area (Å²) >= 11 is 0. The van der Waals surface area contributed by atoms with Gasteiger partial charge in [0.25, 0.3) is 5.91 Å². The van der Waals surface area contributed by atoms with Crippen LogP contribution in [0.3, 0.4) is 0 Å². The highest BCUT2D eigenvalue weighted by atomic mass is 16.3. The first-order chi connectivity index (χ1) is 17.3. The normalized spacial score (nSPS) is 31.2. The van der Waals surface area contributed by atoms with Crippen molar-refractivity contribution < 1.29 is 39.9 Å². The van der Waals surface area contributed by atoms with E-state index >= 15 is 0 Å². The summed E-state index contributed by atoms with van der Waals surface area (Å²) in [6, 6.07) is 1.88. The lowest BCUT2D eigenvalue weighted by Crippen LogP contribution is -2.65. The van der Waals surface area contributed by atoms with Gasteiger partial charge in [0.15, 0.2) is 11.4 Å². The molecule has 1 amide bonds. The summed E-state index contributed by atoms with van der Waals surface area (Å²) in [4.78, 5) is 40.6. The number of benzene rings is 1. The molecule has 4 atom stereocenters. The minimum atomic E-state index is -2.67. The lowest BCUT2D eigenvalue weighted by molar-refractivity contribution is -0.153.